The summed E-state index contributed by atoms with van der Waals surface area (Å²) in [4.78, 5) is 11.4. The second-order valence-corrected chi connectivity index (χ2v) is 7.10. The predicted octanol–water partition coefficient (Wildman–Crippen LogP) is 3.49. The van der Waals surface area contributed by atoms with Gasteiger partial charge >= 0.3 is 5.97 Å². The normalized spacial score (nSPS) is 20.1. The van der Waals surface area contributed by atoms with E-state index in [0.29, 0.717) is 17.8 Å². The standard InChI is InChI=1S/C18H27NO2/c1-18(2)10-8-15(9-11-18)13-19-16(17(20)21)12-14-6-4-3-5-7-14/h3-7,15-16,19H,8-13H2,1-2H3,(H,20,21)/t16-/m0/s1. The average molecular weight is 289 g/mol. The maximum atomic E-state index is 11.4. The molecule has 2 N–H and O–H groups in total. The number of rotatable bonds is 6. The van der Waals surface area contributed by atoms with Gasteiger partial charge in [0.15, 0.2) is 0 Å². The first-order valence-corrected chi connectivity index (χ1v) is 7.96. The summed E-state index contributed by atoms with van der Waals surface area (Å²) in [7, 11) is 0. The van der Waals surface area contributed by atoms with Crippen LogP contribution >= 0.6 is 0 Å². The van der Waals surface area contributed by atoms with Crippen molar-refractivity contribution in [2.45, 2.75) is 52.0 Å². The molecule has 0 unspecified atom stereocenters. The van der Waals surface area contributed by atoms with Crippen LogP contribution in [0.1, 0.15) is 45.1 Å². The fourth-order valence-electron chi connectivity index (χ4n) is 3.07. The molecule has 2 rings (SSSR count). The Hall–Kier alpha value is -1.35. The molecular formula is C18H27NO2. The van der Waals surface area contributed by atoms with Crippen LogP contribution in [-0.4, -0.2) is 23.7 Å². The van der Waals surface area contributed by atoms with Crippen LogP contribution in [0.3, 0.4) is 0 Å². The number of aliphatic carboxylic acids is 1. The van der Waals surface area contributed by atoms with E-state index < -0.39 is 12.0 Å². The molecule has 1 aliphatic carbocycles. The number of carboxylic acid groups (broad SMARTS) is 1. The van der Waals surface area contributed by atoms with Crippen LogP contribution in [0.2, 0.25) is 0 Å². The Morgan fingerprint density at radius 2 is 1.90 bits per heavy atom. The van der Waals surface area contributed by atoms with E-state index in [2.05, 4.69) is 19.2 Å². The van der Waals surface area contributed by atoms with Crippen molar-refractivity contribution in [1.82, 2.24) is 5.32 Å². The summed E-state index contributed by atoms with van der Waals surface area (Å²) < 4.78 is 0. The number of hydrogen-bond donors (Lipinski definition) is 2. The van der Waals surface area contributed by atoms with Crippen molar-refractivity contribution in [2.24, 2.45) is 11.3 Å². The minimum Gasteiger partial charge on any atom is -0.480 e. The molecule has 1 aromatic carbocycles. The van der Waals surface area contributed by atoms with E-state index >= 15 is 0 Å². The highest BCUT2D eigenvalue weighted by molar-refractivity contribution is 5.73. The Morgan fingerprint density at radius 1 is 1.29 bits per heavy atom. The number of benzene rings is 1. The van der Waals surface area contributed by atoms with Gasteiger partial charge in [-0.25, -0.2) is 0 Å². The van der Waals surface area contributed by atoms with Crippen molar-refractivity contribution in [3.8, 4) is 0 Å². The summed E-state index contributed by atoms with van der Waals surface area (Å²) in [5, 5.41) is 12.6. The van der Waals surface area contributed by atoms with Crippen molar-refractivity contribution in [2.75, 3.05) is 6.54 Å². The third-order valence-electron chi connectivity index (χ3n) is 4.69. The molecule has 0 heterocycles. The van der Waals surface area contributed by atoms with Crippen LogP contribution in [0, 0.1) is 11.3 Å². The molecule has 1 saturated carbocycles. The molecule has 3 heteroatoms. The minimum absolute atomic E-state index is 0.465. The molecule has 21 heavy (non-hydrogen) atoms. The Labute approximate surface area is 127 Å². The van der Waals surface area contributed by atoms with Gasteiger partial charge in [0.25, 0.3) is 0 Å². The lowest BCUT2D eigenvalue weighted by atomic mass is 9.73. The molecule has 1 atom stereocenters. The molecule has 1 aromatic rings. The molecular weight excluding hydrogens is 262 g/mol. The van der Waals surface area contributed by atoms with Crippen LogP contribution in [0.4, 0.5) is 0 Å². The van der Waals surface area contributed by atoms with Crippen LogP contribution < -0.4 is 5.32 Å². The Balaban J connectivity index is 1.82. The number of carboxylic acids is 1. The second kappa shape index (κ2) is 7.08. The Kier molecular flexibility index (Phi) is 5.40. The lowest BCUT2D eigenvalue weighted by molar-refractivity contribution is -0.139. The summed E-state index contributed by atoms with van der Waals surface area (Å²) >= 11 is 0. The van der Waals surface area contributed by atoms with E-state index in [1.165, 1.54) is 25.7 Å². The fourth-order valence-corrected chi connectivity index (χ4v) is 3.07. The zero-order valence-electron chi connectivity index (χ0n) is 13.1. The highest BCUT2D eigenvalue weighted by atomic mass is 16.4. The fraction of sp³-hybridized carbons (Fsp3) is 0.611. The average Bonchev–Trinajstić information content (AvgIpc) is 2.45. The van der Waals surface area contributed by atoms with Crippen molar-refractivity contribution in [3.05, 3.63) is 35.9 Å². The van der Waals surface area contributed by atoms with Crippen LogP contribution in [-0.2, 0) is 11.2 Å². The number of nitrogens with one attached hydrogen (secondary N) is 1. The summed E-state index contributed by atoms with van der Waals surface area (Å²) in [5.74, 6) is -0.134. The predicted molar refractivity (Wildman–Crippen MR) is 85.3 cm³/mol. The van der Waals surface area contributed by atoms with E-state index in [-0.39, 0.29) is 0 Å². The van der Waals surface area contributed by atoms with Gasteiger partial charge in [0.1, 0.15) is 6.04 Å². The summed E-state index contributed by atoms with van der Waals surface area (Å²) in [6.07, 6.45) is 5.45. The van der Waals surface area contributed by atoms with E-state index in [4.69, 9.17) is 0 Å². The molecule has 0 aliphatic heterocycles. The van der Waals surface area contributed by atoms with Gasteiger partial charge in [0, 0.05) is 0 Å². The minimum atomic E-state index is -0.755. The Bertz CT molecular complexity index is 446. The summed E-state index contributed by atoms with van der Waals surface area (Å²) in [6, 6.07) is 9.36. The maximum absolute atomic E-state index is 11.4. The van der Waals surface area contributed by atoms with E-state index in [1.54, 1.807) is 0 Å². The topological polar surface area (TPSA) is 49.3 Å². The van der Waals surface area contributed by atoms with Crippen LogP contribution in [0.5, 0.6) is 0 Å². The van der Waals surface area contributed by atoms with Gasteiger partial charge in [-0.2, -0.15) is 0 Å². The highest BCUT2D eigenvalue weighted by Crippen LogP contribution is 2.37. The van der Waals surface area contributed by atoms with Crippen molar-refractivity contribution < 1.29 is 9.90 Å². The highest BCUT2D eigenvalue weighted by Gasteiger charge is 2.27. The SMILES string of the molecule is CC1(C)CCC(CN[C@@H](Cc2ccccc2)C(=O)O)CC1. The first kappa shape index (κ1) is 16.0. The molecule has 0 saturated heterocycles. The van der Waals surface area contributed by atoms with Gasteiger partial charge in [-0.15, -0.1) is 0 Å². The van der Waals surface area contributed by atoms with Gasteiger partial charge in [-0.1, -0.05) is 44.2 Å². The Morgan fingerprint density at radius 3 is 2.48 bits per heavy atom. The largest absolute Gasteiger partial charge is 0.480 e. The van der Waals surface area contributed by atoms with E-state index in [1.807, 2.05) is 30.3 Å². The monoisotopic (exact) mass is 289 g/mol. The molecule has 1 fully saturated rings. The number of carbonyl (C=O) groups is 1. The molecule has 1 aliphatic rings. The molecule has 0 amide bonds. The first-order chi connectivity index (χ1) is 9.96. The molecule has 0 radical (unpaired) electrons. The zero-order valence-corrected chi connectivity index (χ0v) is 13.1. The molecule has 0 bridgehead atoms. The van der Waals surface area contributed by atoms with Crippen molar-refractivity contribution in [1.29, 1.82) is 0 Å². The molecule has 0 aromatic heterocycles. The molecule has 3 nitrogen and oxygen atoms in total. The lowest BCUT2D eigenvalue weighted by Crippen LogP contribution is -2.42. The van der Waals surface area contributed by atoms with E-state index in [0.717, 1.165) is 12.1 Å². The smallest absolute Gasteiger partial charge is 0.321 e. The molecule has 0 spiro atoms. The van der Waals surface area contributed by atoms with Crippen molar-refractivity contribution >= 4 is 5.97 Å². The zero-order chi connectivity index (χ0) is 15.3. The van der Waals surface area contributed by atoms with Gasteiger partial charge < -0.3 is 10.4 Å². The summed E-state index contributed by atoms with van der Waals surface area (Å²) in [6.45, 7) is 5.47. The summed E-state index contributed by atoms with van der Waals surface area (Å²) in [5.41, 5.74) is 1.54. The third kappa shape index (κ3) is 5.16. The van der Waals surface area contributed by atoms with Crippen LogP contribution in [0.15, 0.2) is 30.3 Å². The van der Waals surface area contributed by atoms with Gasteiger partial charge in [0.2, 0.25) is 0 Å². The van der Waals surface area contributed by atoms with Gasteiger partial charge in [-0.05, 0) is 55.5 Å². The van der Waals surface area contributed by atoms with Gasteiger partial charge in [-0.3, -0.25) is 4.79 Å². The van der Waals surface area contributed by atoms with Crippen LogP contribution in [0.25, 0.3) is 0 Å². The third-order valence-corrected chi connectivity index (χ3v) is 4.69. The number of hydrogen-bond acceptors (Lipinski definition) is 2. The quantitative estimate of drug-likeness (QED) is 0.843. The first-order valence-electron chi connectivity index (χ1n) is 7.96. The van der Waals surface area contributed by atoms with Gasteiger partial charge in [0.05, 0.1) is 0 Å². The lowest BCUT2D eigenvalue weighted by Gasteiger charge is -2.34. The van der Waals surface area contributed by atoms with E-state index in [9.17, 15) is 9.90 Å². The molecule has 116 valence electrons. The van der Waals surface area contributed by atoms with Crippen molar-refractivity contribution in [3.63, 3.8) is 0 Å². The maximum Gasteiger partial charge on any atom is 0.321 e. The second-order valence-electron chi connectivity index (χ2n) is 7.10.